The number of carbonyl (C=O) groups excluding carboxylic acids is 3. The van der Waals surface area contributed by atoms with E-state index in [0.717, 1.165) is 9.80 Å². The molecule has 2 heterocycles. The second-order valence-corrected chi connectivity index (χ2v) is 8.44. The number of thioether (sulfide) groups is 2. The van der Waals surface area contributed by atoms with Crippen molar-refractivity contribution in [2.75, 3.05) is 18.1 Å². The molecule has 0 spiro atoms. The monoisotopic (exact) mass is 452 g/mol. The summed E-state index contributed by atoms with van der Waals surface area (Å²) in [6.07, 6.45) is 4.50. The van der Waals surface area contributed by atoms with Crippen LogP contribution in [0.3, 0.4) is 0 Å². The van der Waals surface area contributed by atoms with Crippen molar-refractivity contribution in [3.63, 3.8) is 0 Å². The highest BCUT2D eigenvalue weighted by Gasteiger charge is 2.36. The number of nitrogens with one attached hydrogen (secondary N) is 1. The Kier molecular flexibility index (Phi) is 5.97. The number of anilines is 1. The van der Waals surface area contributed by atoms with E-state index in [4.69, 9.17) is 4.42 Å². The maximum atomic E-state index is 12.7. The molecule has 1 saturated heterocycles. The van der Waals surface area contributed by atoms with Gasteiger partial charge in [0.15, 0.2) is 5.43 Å². The van der Waals surface area contributed by atoms with E-state index in [1.807, 2.05) is 12.3 Å². The topological polar surface area (TPSA) is 96.7 Å². The maximum absolute atomic E-state index is 12.7. The summed E-state index contributed by atoms with van der Waals surface area (Å²) in [4.78, 5) is 51.9. The summed E-state index contributed by atoms with van der Waals surface area (Å²) in [5.41, 5.74) is 0.857. The van der Waals surface area contributed by atoms with Gasteiger partial charge < -0.3 is 9.73 Å². The number of benzene rings is 2. The van der Waals surface area contributed by atoms with Crippen molar-refractivity contribution in [3.8, 4) is 0 Å². The number of para-hydroxylation sites is 1. The Morgan fingerprint density at radius 2 is 1.97 bits per heavy atom. The minimum atomic E-state index is -0.629. The van der Waals surface area contributed by atoms with Crippen molar-refractivity contribution in [1.29, 1.82) is 0 Å². The molecule has 1 fully saturated rings. The van der Waals surface area contributed by atoms with Crippen molar-refractivity contribution in [3.05, 3.63) is 75.5 Å². The smallest absolute Gasteiger partial charge is 0.294 e. The molecule has 3 amide bonds. The van der Waals surface area contributed by atoms with E-state index in [2.05, 4.69) is 5.32 Å². The van der Waals surface area contributed by atoms with Crippen LogP contribution in [0.25, 0.3) is 17.0 Å². The van der Waals surface area contributed by atoms with Gasteiger partial charge in [-0.05, 0) is 54.4 Å². The van der Waals surface area contributed by atoms with Gasteiger partial charge in [-0.25, -0.2) is 0 Å². The largest absolute Gasteiger partial charge is 0.463 e. The SMILES string of the molecule is CSc1cccc(NC(=O)CN2C(=O)S/C(=C\c3coc4ccccc4c3=O)C2=O)c1. The Hall–Kier alpha value is -3.30. The predicted molar refractivity (Wildman–Crippen MR) is 122 cm³/mol. The summed E-state index contributed by atoms with van der Waals surface area (Å²) in [5.74, 6) is -1.12. The minimum absolute atomic E-state index is 0.0600. The van der Waals surface area contributed by atoms with Crippen molar-refractivity contribution < 1.29 is 18.8 Å². The molecule has 0 aliphatic carbocycles. The molecule has 0 saturated carbocycles. The first-order chi connectivity index (χ1) is 15.0. The number of rotatable bonds is 5. The van der Waals surface area contributed by atoms with Gasteiger partial charge in [-0.2, -0.15) is 0 Å². The van der Waals surface area contributed by atoms with E-state index in [1.54, 1.807) is 42.5 Å². The normalized spacial score (nSPS) is 15.1. The summed E-state index contributed by atoms with van der Waals surface area (Å²) in [6, 6.07) is 14.0. The van der Waals surface area contributed by atoms with Gasteiger partial charge in [0, 0.05) is 10.6 Å². The number of carbonyl (C=O) groups is 3. The third-order valence-electron chi connectivity index (χ3n) is 4.52. The van der Waals surface area contributed by atoms with Crippen molar-refractivity contribution in [2.24, 2.45) is 0 Å². The van der Waals surface area contributed by atoms with Crippen LogP contribution < -0.4 is 10.7 Å². The fourth-order valence-corrected chi connectivity index (χ4v) is 4.30. The molecule has 2 aromatic carbocycles. The summed E-state index contributed by atoms with van der Waals surface area (Å²) in [7, 11) is 0. The van der Waals surface area contributed by atoms with Crippen LogP contribution in [0.5, 0.6) is 0 Å². The summed E-state index contributed by atoms with van der Waals surface area (Å²) >= 11 is 2.21. The number of amides is 3. The van der Waals surface area contributed by atoms with E-state index in [1.165, 1.54) is 24.1 Å². The number of fused-ring (bicyclic) bond motifs is 1. The Bertz CT molecular complexity index is 1300. The Morgan fingerprint density at radius 3 is 2.77 bits per heavy atom. The number of hydrogen-bond donors (Lipinski definition) is 1. The first-order valence-corrected chi connectivity index (χ1v) is 11.2. The van der Waals surface area contributed by atoms with E-state index >= 15 is 0 Å². The lowest BCUT2D eigenvalue weighted by molar-refractivity contribution is -0.127. The second-order valence-electron chi connectivity index (χ2n) is 6.56. The zero-order chi connectivity index (χ0) is 22.0. The van der Waals surface area contributed by atoms with Crippen LogP contribution in [0.1, 0.15) is 5.56 Å². The molecule has 0 unspecified atom stereocenters. The molecular formula is C22H16N2O5S2. The number of nitrogens with zero attached hydrogens (tertiary/aromatic N) is 1. The molecule has 1 N–H and O–H groups in total. The first-order valence-electron chi connectivity index (χ1n) is 9.16. The lowest BCUT2D eigenvalue weighted by atomic mass is 10.1. The molecule has 31 heavy (non-hydrogen) atoms. The molecule has 1 aliphatic heterocycles. The van der Waals surface area contributed by atoms with Gasteiger partial charge in [0.1, 0.15) is 18.4 Å². The van der Waals surface area contributed by atoms with Gasteiger partial charge >= 0.3 is 0 Å². The average Bonchev–Trinajstić information content (AvgIpc) is 3.03. The Labute approximate surface area is 185 Å². The molecule has 1 aromatic heterocycles. The molecule has 0 bridgehead atoms. The first kappa shape index (κ1) is 21.0. The maximum Gasteiger partial charge on any atom is 0.294 e. The standard InChI is InChI=1S/C22H16N2O5S2/c1-30-15-6-4-5-14(10-15)23-19(25)11-24-21(27)18(31-22(24)28)9-13-12-29-17-8-3-2-7-16(17)20(13)26/h2-10,12H,11H2,1H3,(H,23,25)/b18-9-. The zero-order valence-electron chi connectivity index (χ0n) is 16.3. The van der Waals surface area contributed by atoms with Gasteiger partial charge in [0.25, 0.3) is 11.1 Å². The van der Waals surface area contributed by atoms with Crippen LogP contribution in [0.15, 0.2) is 73.8 Å². The highest BCUT2D eigenvalue weighted by Crippen LogP contribution is 2.32. The summed E-state index contributed by atoms with van der Waals surface area (Å²) in [5, 5.41) is 2.49. The molecule has 1 aliphatic rings. The van der Waals surface area contributed by atoms with Crippen LogP contribution in [0.2, 0.25) is 0 Å². The lowest BCUT2D eigenvalue weighted by Gasteiger charge is -2.12. The highest BCUT2D eigenvalue weighted by molar-refractivity contribution is 8.18. The lowest BCUT2D eigenvalue weighted by Crippen LogP contribution is -2.36. The van der Waals surface area contributed by atoms with E-state index in [-0.39, 0.29) is 15.9 Å². The summed E-state index contributed by atoms with van der Waals surface area (Å²) in [6.45, 7) is -0.419. The van der Waals surface area contributed by atoms with Crippen LogP contribution >= 0.6 is 23.5 Å². The number of hydrogen-bond acceptors (Lipinski definition) is 7. The third-order valence-corrected chi connectivity index (χ3v) is 6.15. The zero-order valence-corrected chi connectivity index (χ0v) is 17.9. The van der Waals surface area contributed by atoms with Crippen LogP contribution in [0, 0.1) is 0 Å². The Morgan fingerprint density at radius 1 is 1.16 bits per heavy atom. The van der Waals surface area contributed by atoms with Crippen molar-refractivity contribution in [2.45, 2.75) is 4.90 Å². The van der Waals surface area contributed by atoms with Crippen LogP contribution in [0.4, 0.5) is 10.5 Å². The molecule has 0 radical (unpaired) electrons. The fraction of sp³-hybridized carbons (Fsp3) is 0.0909. The van der Waals surface area contributed by atoms with Crippen molar-refractivity contribution >= 4 is 63.3 Å². The summed E-state index contributed by atoms with van der Waals surface area (Å²) < 4.78 is 5.44. The van der Waals surface area contributed by atoms with E-state index < -0.39 is 23.6 Å². The quantitative estimate of drug-likeness (QED) is 0.458. The number of imide groups is 1. The average molecular weight is 453 g/mol. The molecule has 9 heteroatoms. The van der Waals surface area contributed by atoms with Gasteiger partial charge in [0.05, 0.1) is 15.9 Å². The van der Waals surface area contributed by atoms with E-state index in [0.29, 0.717) is 28.4 Å². The Balaban J connectivity index is 1.52. The van der Waals surface area contributed by atoms with Gasteiger partial charge in [-0.1, -0.05) is 18.2 Å². The molecule has 0 atom stereocenters. The van der Waals surface area contributed by atoms with Gasteiger partial charge in [-0.3, -0.25) is 24.1 Å². The van der Waals surface area contributed by atoms with Crippen LogP contribution in [-0.2, 0) is 9.59 Å². The fourth-order valence-electron chi connectivity index (χ4n) is 3.02. The van der Waals surface area contributed by atoms with Crippen LogP contribution in [-0.4, -0.2) is 34.8 Å². The minimum Gasteiger partial charge on any atom is -0.463 e. The third kappa shape index (κ3) is 4.42. The predicted octanol–water partition coefficient (Wildman–Crippen LogP) is 4.19. The molecule has 3 aromatic rings. The van der Waals surface area contributed by atoms with Gasteiger partial charge in [-0.15, -0.1) is 11.8 Å². The molecule has 156 valence electrons. The van der Waals surface area contributed by atoms with E-state index in [9.17, 15) is 19.2 Å². The molecular weight excluding hydrogens is 436 g/mol. The van der Waals surface area contributed by atoms with Crippen molar-refractivity contribution in [1.82, 2.24) is 4.90 Å². The van der Waals surface area contributed by atoms with Gasteiger partial charge in [0.2, 0.25) is 5.91 Å². The second kappa shape index (κ2) is 8.83. The molecule has 7 nitrogen and oxygen atoms in total. The molecule has 4 rings (SSSR count). The highest BCUT2D eigenvalue weighted by atomic mass is 32.2.